The van der Waals surface area contributed by atoms with E-state index in [1.807, 2.05) is 16.8 Å². The Labute approximate surface area is 68.5 Å². The molecule has 1 aromatic heterocycles. The summed E-state index contributed by atoms with van der Waals surface area (Å²) in [6.07, 6.45) is 0. The largest absolute Gasteiger partial charge is 0.152 e. The Morgan fingerprint density at radius 3 is 2.25 bits per heavy atom. The second-order valence-electron chi connectivity index (χ2n) is 0.824. The van der Waals surface area contributed by atoms with Crippen LogP contribution in [0, 0.1) is 6.07 Å². The first kappa shape index (κ1) is 8.90. The maximum atomic E-state index is 4.95. The van der Waals surface area contributed by atoms with Gasteiger partial charge in [-0.05, 0) is 22.9 Å². The van der Waals surface area contributed by atoms with E-state index in [-0.39, 0.29) is 0 Å². The summed E-state index contributed by atoms with van der Waals surface area (Å²) in [6, 6.07) is 4.77. The van der Waals surface area contributed by atoms with E-state index in [4.69, 9.17) is 19.4 Å². The molecule has 0 amide bonds. The molecule has 41 valence electrons. The van der Waals surface area contributed by atoms with Gasteiger partial charge in [-0.3, -0.25) is 0 Å². The van der Waals surface area contributed by atoms with Crippen LogP contribution in [-0.4, -0.2) is 0 Å². The molecule has 0 spiro atoms. The van der Waals surface area contributed by atoms with Gasteiger partial charge >= 0.3 is 34.5 Å². The van der Waals surface area contributed by atoms with Crippen LogP contribution in [0.4, 0.5) is 0 Å². The molecular formula is C4H3Cl2SZn. The summed E-state index contributed by atoms with van der Waals surface area (Å²) in [6.45, 7) is 0. The molecular weight excluding hydrogens is 216 g/mol. The fraction of sp³-hybridized carbons (Fsp3) is 0. The van der Waals surface area contributed by atoms with Gasteiger partial charge in [0.25, 0.3) is 0 Å². The Balaban J connectivity index is 0.000000145. The van der Waals surface area contributed by atoms with Crippen molar-refractivity contribution in [1.29, 1.82) is 0 Å². The summed E-state index contributed by atoms with van der Waals surface area (Å²) in [5.41, 5.74) is 0. The van der Waals surface area contributed by atoms with Crippen LogP contribution in [0.2, 0.25) is 0 Å². The zero-order chi connectivity index (χ0) is 6.24. The minimum Gasteiger partial charge on any atom is -0.152 e. The molecule has 0 aromatic carbocycles. The molecule has 4 heteroatoms. The van der Waals surface area contributed by atoms with Crippen molar-refractivity contribution in [2.75, 3.05) is 0 Å². The van der Waals surface area contributed by atoms with E-state index in [1.54, 1.807) is 11.3 Å². The van der Waals surface area contributed by atoms with Crippen LogP contribution >= 0.6 is 30.7 Å². The van der Waals surface area contributed by atoms with Gasteiger partial charge in [-0.2, -0.15) is 11.3 Å². The van der Waals surface area contributed by atoms with Gasteiger partial charge in [-0.15, -0.1) is 0 Å². The molecule has 0 atom stereocenters. The third-order valence-electron chi connectivity index (χ3n) is 0.379. The first-order valence-electron chi connectivity index (χ1n) is 1.92. The summed E-state index contributed by atoms with van der Waals surface area (Å²) in [5.74, 6) is 0. The second kappa shape index (κ2) is 7.90. The maximum Gasteiger partial charge on any atom is -0.00144 e. The monoisotopic (exact) mass is 217 g/mol. The van der Waals surface area contributed by atoms with E-state index in [0.29, 0.717) is 0 Å². The molecule has 1 heterocycles. The van der Waals surface area contributed by atoms with Gasteiger partial charge in [-0.25, -0.2) is 0 Å². The standard InChI is InChI=1S/C4H3S.2ClH.Zn/c1-2-4-5-3-1;;;/h1,3-4H;2*1H;/q;;;+2/p-2. The van der Waals surface area contributed by atoms with Crippen molar-refractivity contribution in [1.82, 2.24) is 0 Å². The summed E-state index contributed by atoms with van der Waals surface area (Å²) in [7, 11) is 9.90. The van der Waals surface area contributed by atoms with Crippen LogP contribution in [0.3, 0.4) is 0 Å². The van der Waals surface area contributed by atoms with Gasteiger partial charge < -0.3 is 0 Å². The normalized spacial score (nSPS) is 6.25. The molecule has 1 radical (unpaired) electrons. The Kier molecular flexibility index (Phi) is 8.80. The third kappa shape index (κ3) is 6.90. The van der Waals surface area contributed by atoms with E-state index in [2.05, 4.69) is 6.07 Å². The first-order chi connectivity index (χ1) is 3.91. The molecule has 0 nitrogen and oxygen atoms in total. The van der Waals surface area contributed by atoms with Crippen LogP contribution in [0.25, 0.3) is 0 Å². The predicted octanol–water partition coefficient (Wildman–Crippen LogP) is 2.92. The third-order valence-corrected chi connectivity index (χ3v) is 0.944. The zero-order valence-corrected chi connectivity index (χ0v) is 9.40. The molecule has 0 aliphatic carbocycles. The van der Waals surface area contributed by atoms with Gasteiger partial charge in [0.05, 0.1) is 0 Å². The minimum absolute atomic E-state index is 0.931. The molecule has 0 fully saturated rings. The van der Waals surface area contributed by atoms with Crippen molar-refractivity contribution in [2.45, 2.75) is 0 Å². The Bertz CT molecular complexity index is 80.9. The molecule has 0 N–H and O–H groups in total. The fourth-order valence-electron chi connectivity index (χ4n) is 0.196. The van der Waals surface area contributed by atoms with Gasteiger partial charge in [0.1, 0.15) is 0 Å². The van der Waals surface area contributed by atoms with Crippen molar-refractivity contribution in [2.24, 2.45) is 0 Å². The van der Waals surface area contributed by atoms with Crippen molar-refractivity contribution in [3.63, 3.8) is 0 Å². The summed E-state index contributed by atoms with van der Waals surface area (Å²) in [4.78, 5) is 0. The Morgan fingerprint density at radius 1 is 1.50 bits per heavy atom. The first-order valence-corrected chi connectivity index (χ1v) is 10.7. The summed E-state index contributed by atoms with van der Waals surface area (Å²) < 4.78 is 0. The van der Waals surface area contributed by atoms with E-state index < -0.39 is 15.1 Å². The molecule has 0 aliphatic rings. The number of thiophene rings is 1. The van der Waals surface area contributed by atoms with Crippen molar-refractivity contribution in [3.8, 4) is 0 Å². The van der Waals surface area contributed by atoms with Crippen LogP contribution in [0.5, 0.6) is 0 Å². The van der Waals surface area contributed by atoms with Gasteiger partial charge in [0.2, 0.25) is 0 Å². The van der Waals surface area contributed by atoms with Crippen molar-refractivity contribution < 1.29 is 15.1 Å². The quantitative estimate of drug-likeness (QED) is 0.589. The van der Waals surface area contributed by atoms with Crippen molar-refractivity contribution in [3.05, 3.63) is 22.9 Å². The SMILES string of the molecule is [Cl][Zn][Cl].[c]1ccsc1. The summed E-state index contributed by atoms with van der Waals surface area (Å²) in [5, 5.41) is 3.90. The number of hydrogen-bond donors (Lipinski definition) is 0. The van der Waals surface area contributed by atoms with Crippen LogP contribution in [0.1, 0.15) is 0 Å². The molecule has 0 bridgehead atoms. The molecule has 0 aliphatic heterocycles. The van der Waals surface area contributed by atoms with Crippen LogP contribution in [-0.2, 0) is 15.1 Å². The summed E-state index contributed by atoms with van der Waals surface area (Å²) >= 11 is 0.727. The van der Waals surface area contributed by atoms with Crippen LogP contribution in [0.15, 0.2) is 16.8 Å². The average molecular weight is 219 g/mol. The zero-order valence-electron chi connectivity index (χ0n) is 4.10. The molecule has 0 saturated heterocycles. The molecule has 0 unspecified atom stereocenters. The van der Waals surface area contributed by atoms with Gasteiger partial charge in [0, 0.05) is 0 Å². The smallest absolute Gasteiger partial charge is 0.00144 e. The number of rotatable bonds is 0. The fourth-order valence-corrected chi connectivity index (χ4v) is 0.589. The van der Waals surface area contributed by atoms with Crippen molar-refractivity contribution >= 4 is 30.7 Å². The second-order valence-corrected chi connectivity index (χ2v) is 6.23. The minimum atomic E-state index is -0.931. The molecule has 1 aromatic rings. The topological polar surface area (TPSA) is 0 Å². The Hall–Kier alpha value is 0.903. The molecule has 1 rings (SSSR count). The van der Waals surface area contributed by atoms with Crippen LogP contribution < -0.4 is 0 Å². The number of halogens is 2. The average Bonchev–Trinajstić information content (AvgIpc) is 2.17. The number of hydrogen-bond acceptors (Lipinski definition) is 1. The van der Waals surface area contributed by atoms with E-state index >= 15 is 0 Å². The van der Waals surface area contributed by atoms with E-state index in [1.165, 1.54) is 0 Å². The molecule has 8 heavy (non-hydrogen) atoms. The van der Waals surface area contributed by atoms with E-state index in [9.17, 15) is 0 Å². The maximum absolute atomic E-state index is 4.95. The van der Waals surface area contributed by atoms with E-state index in [0.717, 1.165) is 0 Å². The Morgan fingerprint density at radius 2 is 2.12 bits per heavy atom. The van der Waals surface area contributed by atoms with Gasteiger partial charge in [-0.1, -0.05) is 0 Å². The predicted molar refractivity (Wildman–Crippen MR) is 34.9 cm³/mol. The molecule has 0 saturated carbocycles. The van der Waals surface area contributed by atoms with Gasteiger partial charge in [0.15, 0.2) is 0 Å².